The number of fused-ring (bicyclic) bond motifs is 1. The quantitative estimate of drug-likeness (QED) is 0.111. The van der Waals surface area contributed by atoms with Gasteiger partial charge in [-0.15, -0.1) is 0 Å². The molecule has 0 amide bonds. The molecule has 0 aromatic heterocycles. The van der Waals surface area contributed by atoms with Crippen LogP contribution in [0.2, 0.25) is 0 Å². The van der Waals surface area contributed by atoms with Crippen LogP contribution >= 0.6 is 21.2 Å². The van der Waals surface area contributed by atoms with Crippen molar-refractivity contribution in [3.8, 4) is 0 Å². The Balaban J connectivity index is 1.61. The highest BCUT2D eigenvalue weighted by Gasteiger charge is 2.15. The lowest BCUT2D eigenvalue weighted by Gasteiger charge is -2.09. The summed E-state index contributed by atoms with van der Waals surface area (Å²) in [5, 5.41) is 11.3. The topological polar surface area (TPSA) is 54.4 Å². The lowest BCUT2D eigenvalue weighted by molar-refractivity contribution is 0.0696. The Bertz CT molecular complexity index is 888. The highest BCUT2D eigenvalue weighted by atomic mass is 127. The van der Waals surface area contributed by atoms with E-state index in [2.05, 4.69) is 25.1 Å². The molecule has 33 heavy (non-hydrogen) atoms. The van der Waals surface area contributed by atoms with Crippen molar-refractivity contribution in [3.63, 3.8) is 0 Å². The van der Waals surface area contributed by atoms with Gasteiger partial charge in [0.25, 0.3) is 0 Å². The van der Waals surface area contributed by atoms with Crippen LogP contribution in [-0.4, -0.2) is 11.1 Å². The van der Waals surface area contributed by atoms with Crippen LogP contribution in [0.1, 0.15) is 113 Å². The summed E-state index contributed by atoms with van der Waals surface area (Å²) in [6.07, 6.45) is 24.0. The number of carbonyl (C=O) groups is 1. The first-order chi connectivity index (χ1) is 16.2. The molecule has 2 aromatic carbocycles. The Morgan fingerprint density at radius 2 is 1.39 bits per heavy atom. The number of carboxylic acid groups (broad SMARTS) is 1. The van der Waals surface area contributed by atoms with Crippen LogP contribution in [0, 0.1) is 3.57 Å². The van der Waals surface area contributed by atoms with E-state index in [0.717, 1.165) is 23.6 Å². The molecule has 0 radical (unpaired) electrons. The average molecular weight is 565 g/mol. The van der Waals surface area contributed by atoms with Crippen LogP contribution in [0.25, 0.3) is 10.8 Å². The van der Waals surface area contributed by atoms with Gasteiger partial charge in [0.1, 0.15) is 0 Å². The zero-order valence-corrected chi connectivity index (χ0v) is 22.4. The zero-order valence-electron chi connectivity index (χ0n) is 20.3. The summed E-state index contributed by atoms with van der Waals surface area (Å²) < 4.78 is 12.3. The third-order valence-corrected chi connectivity index (χ3v) is 7.95. The van der Waals surface area contributed by atoms with Crippen molar-refractivity contribution < 1.29 is 13.0 Å². The summed E-state index contributed by atoms with van der Waals surface area (Å²) in [5.41, 5.74) is 1.41. The van der Waals surface area contributed by atoms with Gasteiger partial charge in [0, 0.05) is 0 Å². The van der Waals surface area contributed by atoms with Crippen molar-refractivity contribution in [2.24, 2.45) is 0 Å². The van der Waals surface area contributed by atoms with E-state index in [1.807, 2.05) is 18.2 Å². The van der Waals surface area contributed by atoms with E-state index in [-0.39, 0.29) is 5.56 Å². The SMILES string of the molecule is CCCCCCCCCC/C=C/CCCCCCc1cccc2c(I=O)c(C(=O)O)ccc12. The molecule has 4 heteroatoms. The largest absolute Gasteiger partial charge is 0.478 e. The predicted octanol–water partition coefficient (Wildman–Crippen LogP) is 9.60. The molecular formula is C29H41IO3. The molecule has 0 saturated carbocycles. The normalized spacial score (nSPS) is 11.5. The van der Waals surface area contributed by atoms with Crippen molar-refractivity contribution in [2.75, 3.05) is 0 Å². The summed E-state index contributed by atoms with van der Waals surface area (Å²) in [6, 6.07) is 9.47. The average Bonchev–Trinajstić information content (AvgIpc) is 2.82. The van der Waals surface area contributed by atoms with E-state index in [4.69, 9.17) is 0 Å². The number of unbranched alkanes of at least 4 members (excludes halogenated alkanes) is 12. The predicted molar refractivity (Wildman–Crippen MR) is 147 cm³/mol. The van der Waals surface area contributed by atoms with Gasteiger partial charge >= 0.3 is 5.97 Å². The maximum Gasteiger partial charge on any atom is 0.336 e. The molecule has 0 aliphatic carbocycles. The van der Waals surface area contributed by atoms with Gasteiger partial charge in [-0.05, 0) is 60.9 Å². The zero-order chi connectivity index (χ0) is 23.7. The maximum absolute atomic E-state index is 11.7. The minimum Gasteiger partial charge on any atom is -0.478 e. The number of hydrogen-bond acceptors (Lipinski definition) is 2. The molecule has 0 bridgehead atoms. The fourth-order valence-electron chi connectivity index (χ4n) is 4.42. The number of carboxylic acids is 1. The van der Waals surface area contributed by atoms with E-state index in [1.165, 1.54) is 89.0 Å². The second-order valence-corrected chi connectivity index (χ2v) is 10.5. The monoisotopic (exact) mass is 564 g/mol. The number of aryl methyl sites for hydroxylation is 1. The minimum atomic E-state index is -1.53. The number of allylic oxidation sites excluding steroid dienone is 2. The first kappa shape index (κ1) is 27.7. The van der Waals surface area contributed by atoms with Crippen LogP contribution in [0.3, 0.4) is 0 Å². The van der Waals surface area contributed by atoms with Crippen LogP contribution in [-0.2, 0) is 9.49 Å². The molecule has 0 unspecified atom stereocenters. The molecule has 3 nitrogen and oxygen atoms in total. The third-order valence-electron chi connectivity index (χ3n) is 6.35. The number of hydrogen-bond donors (Lipinski definition) is 1. The third kappa shape index (κ3) is 10.1. The first-order valence-corrected chi connectivity index (χ1v) is 14.8. The maximum atomic E-state index is 11.7. The van der Waals surface area contributed by atoms with E-state index in [9.17, 15) is 13.0 Å². The molecule has 1 N–H and O–H groups in total. The fourth-order valence-corrected chi connectivity index (χ4v) is 5.77. The van der Waals surface area contributed by atoms with Crippen LogP contribution in [0.15, 0.2) is 42.5 Å². The smallest absolute Gasteiger partial charge is 0.336 e. The molecule has 0 saturated heterocycles. The molecule has 0 aliphatic rings. The first-order valence-electron chi connectivity index (χ1n) is 12.9. The summed E-state index contributed by atoms with van der Waals surface area (Å²) in [6.45, 7) is 2.27. The minimum absolute atomic E-state index is 0.179. The van der Waals surface area contributed by atoms with Crippen LogP contribution in [0.4, 0.5) is 0 Å². The lowest BCUT2D eigenvalue weighted by atomic mass is 9.98. The molecule has 2 aromatic rings. The number of benzene rings is 2. The highest BCUT2D eigenvalue weighted by Crippen LogP contribution is 2.30. The summed E-state index contributed by atoms with van der Waals surface area (Å²) in [7, 11) is 0. The Morgan fingerprint density at radius 3 is 2.00 bits per heavy atom. The van der Waals surface area contributed by atoms with Crippen molar-refractivity contribution in [3.05, 3.63) is 57.2 Å². The van der Waals surface area contributed by atoms with Crippen LogP contribution < -0.4 is 0 Å². The molecule has 2 rings (SSSR count). The summed E-state index contributed by atoms with van der Waals surface area (Å²) in [4.78, 5) is 11.4. The highest BCUT2D eigenvalue weighted by molar-refractivity contribution is 14.1. The Hall–Kier alpha value is -1.56. The van der Waals surface area contributed by atoms with Gasteiger partial charge < -0.3 is 5.11 Å². The second-order valence-electron chi connectivity index (χ2n) is 9.01. The molecule has 0 atom stereocenters. The van der Waals surface area contributed by atoms with Gasteiger partial charge in [-0.3, -0.25) is 3.07 Å². The molecule has 0 fully saturated rings. The Morgan fingerprint density at radius 1 is 0.788 bits per heavy atom. The molecule has 0 aliphatic heterocycles. The van der Waals surface area contributed by atoms with Gasteiger partial charge in [0.15, 0.2) is 21.2 Å². The van der Waals surface area contributed by atoms with E-state index < -0.39 is 27.2 Å². The Labute approximate surface area is 210 Å². The number of rotatable bonds is 18. The van der Waals surface area contributed by atoms with Crippen molar-refractivity contribution in [2.45, 2.75) is 103 Å². The van der Waals surface area contributed by atoms with E-state index in [1.54, 1.807) is 6.07 Å². The number of halogens is 1. The van der Waals surface area contributed by atoms with E-state index in [0.29, 0.717) is 3.57 Å². The van der Waals surface area contributed by atoms with Gasteiger partial charge in [0.2, 0.25) is 0 Å². The fraction of sp³-hybridized carbons (Fsp3) is 0.552. The summed E-state index contributed by atoms with van der Waals surface area (Å²) in [5.74, 6) is -1.00. The van der Waals surface area contributed by atoms with Crippen molar-refractivity contribution >= 4 is 37.9 Å². The standard InChI is InChI=1S/C29H41IO3/c1-2-3-4-5-6-7-8-9-10-11-12-13-14-15-16-17-19-24-20-18-21-26-25(24)22-23-27(29(31)32)28(26)30-33/h11-12,18,20-23H,2-10,13-17,19H2,1H3,(H,31,32)/b12-11+. The number of aromatic carboxylic acids is 1. The second kappa shape index (κ2) is 17.0. The van der Waals surface area contributed by atoms with Gasteiger partial charge in [-0.1, -0.05) is 101 Å². The summed E-state index contributed by atoms with van der Waals surface area (Å²) >= 11 is -1.53. The van der Waals surface area contributed by atoms with Crippen molar-refractivity contribution in [1.82, 2.24) is 0 Å². The van der Waals surface area contributed by atoms with Crippen molar-refractivity contribution in [1.29, 1.82) is 0 Å². The van der Waals surface area contributed by atoms with Crippen LogP contribution in [0.5, 0.6) is 0 Å². The molecule has 182 valence electrons. The van der Waals surface area contributed by atoms with Gasteiger partial charge in [-0.25, -0.2) is 4.79 Å². The lowest BCUT2D eigenvalue weighted by Crippen LogP contribution is -2.01. The van der Waals surface area contributed by atoms with E-state index >= 15 is 0 Å². The van der Waals surface area contributed by atoms with Gasteiger partial charge in [-0.2, -0.15) is 0 Å². The Kier molecular flexibility index (Phi) is 14.2. The van der Waals surface area contributed by atoms with Gasteiger partial charge in [0.05, 0.1) is 9.13 Å². The molecular weight excluding hydrogens is 523 g/mol. The molecule has 0 heterocycles. The molecule has 0 spiro atoms.